The third-order valence-electron chi connectivity index (χ3n) is 1.41. The van der Waals surface area contributed by atoms with Crippen molar-refractivity contribution in [1.29, 1.82) is 0 Å². The lowest BCUT2D eigenvalue weighted by Crippen LogP contribution is -2.31. The fraction of sp³-hybridized carbons (Fsp3) is 1.00. The van der Waals surface area contributed by atoms with Crippen LogP contribution in [0, 0.1) is 5.92 Å². The Labute approximate surface area is 58.5 Å². The molecule has 0 aliphatic carbocycles. The van der Waals surface area contributed by atoms with Crippen LogP contribution in [-0.4, -0.2) is 19.8 Å². The molecule has 0 N–H and O–H groups in total. The molecule has 0 aromatic heterocycles. The summed E-state index contributed by atoms with van der Waals surface area (Å²) in [4.78, 5) is 0. The van der Waals surface area contributed by atoms with E-state index in [0.717, 1.165) is 19.8 Å². The minimum atomic E-state index is -2.20. The van der Waals surface area contributed by atoms with Gasteiger partial charge in [-0.2, -0.15) is 0 Å². The van der Waals surface area contributed by atoms with Gasteiger partial charge < -0.3 is 13.6 Å². The normalized spacial score (nSPS) is 49.6. The maximum atomic E-state index is 5.15. The van der Waals surface area contributed by atoms with Crippen molar-refractivity contribution in [2.24, 2.45) is 5.92 Å². The van der Waals surface area contributed by atoms with Crippen LogP contribution in [0.15, 0.2) is 0 Å². The van der Waals surface area contributed by atoms with E-state index in [-0.39, 0.29) is 0 Å². The largest absolute Gasteiger partial charge is 0.327 e. The Bertz CT molecular complexity index is 143. The van der Waals surface area contributed by atoms with Gasteiger partial charge in [0.25, 0.3) is 0 Å². The highest BCUT2D eigenvalue weighted by Gasteiger charge is 2.36. The second-order valence-corrected chi connectivity index (χ2v) is 5.21. The Morgan fingerprint density at radius 3 is 1.78 bits per heavy atom. The number of hydrogen-bond donors (Lipinski definition) is 0. The molecule has 2 bridgehead atoms. The van der Waals surface area contributed by atoms with Gasteiger partial charge in [-0.25, -0.2) is 0 Å². The molecule has 0 spiro atoms. The van der Waals surface area contributed by atoms with Crippen molar-refractivity contribution < 1.29 is 13.6 Å². The van der Waals surface area contributed by atoms with E-state index in [2.05, 4.69) is 0 Å². The highest BCUT2D eigenvalue weighted by molar-refractivity contribution is 8.07. The topological polar surface area (TPSA) is 27.7 Å². The first-order valence-electron chi connectivity index (χ1n) is 2.82. The van der Waals surface area contributed by atoms with Crippen molar-refractivity contribution in [1.82, 2.24) is 0 Å². The van der Waals surface area contributed by atoms with Crippen LogP contribution in [0.5, 0.6) is 0 Å². The van der Waals surface area contributed by atoms with Crippen LogP contribution in [0.1, 0.15) is 0 Å². The lowest BCUT2D eigenvalue weighted by atomic mass is 10.2. The van der Waals surface area contributed by atoms with E-state index in [9.17, 15) is 0 Å². The SMILES string of the molecule is S=P12OCC(CO1)CO2. The summed E-state index contributed by atoms with van der Waals surface area (Å²) < 4.78 is 15.4. The highest BCUT2D eigenvalue weighted by atomic mass is 32.5. The van der Waals surface area contributed by atoms with Crippen molar-refractivity contribution in [3.05, 3.63) is 0 Å². The predicted octanol–water partition coefficient (Wildman–Crippen LogP) is 0.904. The quantitative estimate of drug-likeness (QED) is 0.500. The molecule has 0 amide bonds. The van der Waals surface area contributed by atoms with Gasteiger partial charge in [-0.05, 0) is 11.8 Å². The van der Waals surface area contributed by atoms with E-state index in [1.807, 2.05) is 0 Å². The molecular weight excluding hydrogens is 159 g/mol. The molecule has 0 unspecified atom stereocenters. The molecule has 3 rings (SSSR count). The number of hydrogen-bond acceptors (Lipinski definition) is 4. The van der Waals surface area contributed by atoms with Crippen molar-refractivity contribution in [2.75, 3.05) is 19.8 Å². The van der Waals surface area contributed by atoms with Crippen LogP contribution in [0.25, 0.3) is 0 Å². The molecule has 0 saturated carbocycles. The first-order chi connectivity index (χ1) is 4.29. The van der Waals surface area contributed by atoms with Crippen LogP contribution in [0.3, 0.4) is 0 Å². The Morgan fingerprint density at radius 2 is 1.56 bits per heavy atom. The number of rotatable bonds is 0. The zero-order valence-electron chi connectivity index (χ0n) is 4.78. The molecule has 3 aliphatic rings. The molecule has 3 saturated heterocycles. The molecule has 0 aromatic rings. The molecule has 0 atom stereocenters. The van der Waals surface area contributed by atoms with Crippen molar-refractivity contribution in [3.63, 3.8) is 0 Å². The molecule has 3 fully saturated rings. The van der Waals surface area contributed by atoms with Crippen molar-refractivity contribution in [3.8, 4) is 0 Å². The molecule has 52 valence electrons. The standard InChI is InChI=1S/C4H7O3PS/c9-8-5-1-4(2-6-8)3-7-8/h4H,1-3H2. The predicted molar refractivity (Wildman–Crippen MR) is 35.6 cm³/mol. The van der Waals surface area contributed by atoms with Gasteiger partial charge in [0.15, 0.2) is 0 Å². The van der Waals surface area contributed by atoms with Crippen LogP contribution in [0.4, 0.5) is 0 Å². The summed E-state index contributed by atoms with van der Waals surface area (Å²) in [5.41, 5.74) is 0. The van der Waals surface area contributed by atoms with E-state index < -0.39 is 6.72 Å². The first-order valence-corrected chi connectivity index (χ1v) is 5.38. The molecule has 3 heterocycles. The maximum Gasteiger partial charge on any atom is 0.327 e. The summed E-state index contributed by atoms with van der Waals surface area (Å²) in [5.74, 6) is 0.426. The van der Waals surface area contributed by atoms with Gasteiger partial charge in [-0.1, -0.05) is 0 Å². The Hall–Kier alpha value is 0.530. The van der Waals surface area contributed by atoms with E-state index >= 15 is 0 Å². The smallest absolute Gasteiger partial charge is 0.308 e. The van der Waals surface area contributed by atoms with E-state index in [4.69, 9.17) is 25.4 Å². The van der Waals surface area contributed by atoms with Gasteiger partial charge in [0.1, 0.15) is 0 Å². The van der Waals surface area contributed by atoms with Crippen LogP contribution in [0.2, 0.25) is 0 Å². The summed E-state index contributed by atoms with van der Waals surface area (Å²) in [6.07, 6.45) is 0. The van der Waals surface area contributed by atoms with Crippen molar-refractivity contribution in [2.45, 2.75) is 0 Å². The Balaban J connectivity index is 2.20. The molecule has 0 radical (unpaired) electrons. The van der Waals surface area contributed by atoms with Crippen molar-refractivity contribution >= 4 is 18.5 Å². The summed E-state index contributed by atoms with van der Waals surface area (Å²) in [6.45, 7) is 0.00521. The summed E-state index contributed by atoms with van der Waals surface area (Å²) in [5, 5.41) is 0. The fourth-order valence-corrected chi connectivity index (χ4v) is 2.80. The Kier molecular flexibility index (Phi) is 1.39. The lowest BCUT2D eigenvalue weighted by Gasteiger charge is -2.36. The molecule has 0 aromatic carbocycles. The maximum absolute atomic E-state index is 5.15. The summed E-state index contributed by atoms with van der Waals surface area (Å²) in [7, 11) is 0. The summed E-state index contributed by atoms with van der Waals surface area (Å²) >= 11 is 4.94. The van der Waals surface area contributed by atoms with Gasteiger partial charge in [0.05, 0.1) is 19.8 Å². The molecular formula is C4H7O3PS. The minimum absolute atomic E-state index is 0.426. The third kappa shape index (κ3) is 1.06. The molecule has 3 nitrogen and oxygen atoms in total. The lowest BCUT2D eigenvalue weighted by molar-refractivity contribution is -0.00496. The second kappa shape index (κ2) is 2.01. The average Bonchev–Trinajstić information content (AvgIpc) is 1.90. The van der Waals surface area contributed by atoms with E-state index in [1.165, 1.54) is 0 Å². The zero-order chi connectivity index (χ0) is 6.32. The minimum Gasteiger partial charge on any atom is -0.308 e. The van der Waals surface area contributed by atoms with Gasteiger partial charge in [0, 0.05) is 5.92 Å². The monoisotopic (exact) mass is 166 g/mol. The van der Waals surface area contributed by atoms with Crippen LogP contribution < -0.4 is 0 Å². The zero-order valence-corrected chi connectivity index (χ0v) is 6.49. The fourth-order valence-electron chi connectivity index (χ4n) is 0.846. The first kappa shape index (κ1) is 6.25. The second-order valence-electron chi connectivity index (χ2n) is 2.20. The van der Waals surface area contributed by atoms with Gasteiger partial charge >= 0.3 is 6.72 Å². The molecule has 5 heteroatoms. The van der Waals surface area contributed by atoms with Gasteiger partial charge in [-0.15, -0.1) is 0 Å². The van der Waals surface area contributed by atoms with Gasteiger partial charge in [-0.3, -0.25) is 0 Å². The van der Waals surface area contributed by atoms with Crippen LogP contribution >= 0.6 is 6.72 Å². The summed E-state index contributed by atoms with van der Waals surface area (Å²) in [6, 6.07) is 0. The molecule has 3 aliphatic heterocycles. The van der Waals surface area contributed by atoms with E-state index in [1.54, 1.807) is 0 Å². The average molecular weight is 166 g/mol. The van der Waals surface area contributed by atoms with Crippen LogP contribution in [-0.2, 0) is 25.4 Å². The number of fused-ring (bicyclic) bond motifs is 3. The van der Waals surface area contributed by atoms with Gasteiger partial charge in [0.2, 0.25) is 0 Å². The highest BCUT2D eigenvalue weighted by Crippen LogP contribution is 2.56. The Morgan fingerprint density at radius 1 is 1.11 bits per heavy atom. The molecule has 9 heavy (non-hydrogen) atoms. The third-order valence-corrected chi connectivity index (χ3v) is 3.75. The van der Waals surface area contributed by atoms with E-state index in [0.29, 0.717) is 5.92 Å².